The Kier molecular flexibility index (Phi) is 4.75. The van der Waals surface area contributed by atoms with Crippen molar-refractivity contribution in [2.24, 2.45) is 0 Å². The van der Waals surface area contributed by atoms with Crippen molar-refractivity contribution in [3.05, 3.63) is 64.6 Å². The van der Waals surface area contributed by atoms with Crippen molar-refractivity contribution in [3.63, 3.8) is 0 Å². The zero-order valence-electron chi connectivity index (χ0n) is 14.9. The van der Waals surface area contributed by atoms with Crippen molar-refractivity contribution >= 4 is 28.4 Å². The molecule has 3 N–H and O–H groups in total. The van der Waals surface area contributed by atoms with Crippen LogP contribution in [0.4, 0.5) is 10.1 Å². The Morgan fingerprint density at radius 1 is 1.04 bits per heavy atom. The molecule has 0 aliphatic rings. The first-order valence-electron chi connectivity index (χ1n) is 8.27. The number of nitrogens with one attached hydrogen (secondary N) is 3. The van der Waals surface area contributed by atoms with Crippen molar-refractivity contribution in [1.29, 1.82) is 0 Å². The molecule has 0 atom stereocenters. The zero-order chi connectivity index (χ0) is 18.8. The Labute approximate surface area is 150 Å². The van der Waals surface area contributed by atoms with Crippen LogP contribution in [-0.4, -0.2) is 23.3 Å². The number of rotatable bonds is 4. The number of halogens is 1. The van der Waals surface area contributed by atoms with Crippen LogP contribution >= 0.6 is 0 Å². The Balaban J connectivity index is 1.64. The lowest BCUT2D eigenvalue weighted by Gasteiger charge is -2.13. The van der Waals surface area contributed by atoms with Gasteiger partial charge in [-0.05, 0) is 56.2 Å². The van der Waals surface area contributed by atoms with Gasteiger partial charge in [0.1, 0.15) is 11.5 Å². The van der Waals surface area contributed by atoms with Gasteiger partial charge in [-0.1, -0.05) is 17.7 Å². The second-order valence-corrected chi connectivity index (χ2v) is 6.42. The Hall–Kier alpha value is -3.15. The molecule has 134 valence electrons. The summed E-state index contributed by atoms with van der Waals surface area (Å²) in [5.74, 6) is -1.10. The molecule has 2 aromatic carbocycles. The molecular weight excluding hydrogens is 333 g/mol. The first-order valence-corrected chi connectivity index (χ1v) is 8.27. The standard InChI is InChI=1S/C20H20FN3O2/c1-11-6-12(2)19(13(3)7-11)24-18(25)10-22-20(26)17-9-14-8-15(21)4-5-16(14)23-17/h4-9,23H,10H2,1-3H3,(H,22,26)(H,24,25). The second-order valence-electron chi connectivity index (χ2n) is 6.42. The number of fused-ring (bicyclic) bond motifs is 1. The summed E-state index contributed by atoms with van der Waals surface area (Å²) in [5, 5.41) is 6.00. The van der Waals surface area contributed by atoms with Crippen LogP contribution in [0.5, 0.6) is 0 Å². The Morgan fingerprint density at radius 2 is 1.73 bits per heavy atom. The molecule has 1 heterocycles. The Morgan fingerprint density at radius 3 is 2.42 bits per heavy atom. The van der Waals surface area contributed by atoms with Gasteiger partial charge in [-0.25, -0.2) is 4.39 Å². The van der Waals surface area contributed by atoms with Gasteiger partial charge in [-0.3, -0.25) is 9.59 Å². The number of carbonyl (C=O) groups is 2. The van der Waals surface area contributed by atoms with Crippen LogP contribution < -0.4 is 10.6 Å². The van der Waals surface area contributed by atoms with Crippen LogP contribution in [-0.2, 0) is 4.79 Å². The molecule has 0 saturated heterocycles. The highest BCUT2D eigenvalue weighted by molar-refractivity contribution is 6.01. The predicted octanol–water partition coefficient (Wildman–Crippen LogP) is 3.60. The average molecular weight is 353 g/mol. The van der Waals surface area contributed by atoms with Crippen molar-refractivity contribution in [2.45, 2.75) is 20.8 Å². The molecule has 0 aliphatic carbocycles. The van der Waals surface area contributed by atoms with E-state index in [-0.39, 0.29) is 24.0 Å². The first kappa shape index (κ1) is 17.7. The summed E-state index contributed by atoms with van der Waals surface area (Å²) in [6, 6.07) is 9.77. The van der Waals surface area contributed by atoms with Crippen molar-refractivity contribution in [2.75, 3.05) is 11.9 Å². The minimum atomic E-state index is -0.422. The lowest BCUT2D eigenvalue weighted by atomic mass is 10.1. The van der Waals surface area contributed by atoms with E-state index in [1.165, 1.54) is 12.1 Å². The summed E-state index contributed by atoms with van der Waals surface area (Å²) in [6.07, 6.45) is 0. The first-order chi connectivity index (χ1) is 12.3. The van der Waals surface area contributed by atoms with Crippen molar-refractivity contribution in [3.8, 4) is 0 Å². The van der Waals surface area contributed by atoms with E-state index in [2.05, 4.69) is 15.6 Å². The number of aromatic amines is 1. The quantitative estimate of drug-likeness (QED) is 0.670. The molecule has 2 amide bonds. The molecule has 3 aromatic rings. The largest absolute Gasteiger partial charge is 0.351 e. The molecule has 0 radical (unpaired) electrons. The molecular formula is C20H20FN3O2. The van der Waals surface area contributed by atoms with E-state index < -0.39 is 5.91 Å². The van der Waals surface area contributed by atoms with E-state index in [1.807, 2.05) is 32.9 Å². The summed E-state index contributed by atoms with van der Waals surface area (Å²) >= 11 is 0. The van der Waals surface area contributed by atoms with Crippen LogP contribution in [0, 0.1) is 26.6 Å². The maximum Gasteiger partial charge on any atom is 0.268 e. The van der Waals surface area contributed by atoms with E-state index in [9.17, 15) is 14.0 Å². The molecule has 0 bridgehead atoms. The van der Waals surface area contributed by atoms with Crippen LogP contribution in [0.25, 0.3) is 10.9 Å². The van der Waals surface area contributed by atoms with E-state index >= 15 is 0 Å². The molecule has 0 fully saturated rings. The number of carbonyl (C=O) groups excluding carboxylic acids is 2. The third-order valence-corrected chi connectivity index (χ3v) is 4.18. The Bertz CT molecular complexity index is 984. The lowest BCUT2D eigenvalue weighted by molar-refractivity contribution is -0.115. The summed E-state index contributed by atoms with van der Waals surface area (Å²) in [5.41, 5.74) is 4.77. The maximum absolute atomic E-state index is 13.2. The van der Waals surface area contributed by atoms with Crippen LogP contribution in [0.3, 0.4) is 0 Å². The molecule has 26 heavy (non-hydrogen) atoms. The SMILES string of the molecule is Cc1cc(C)c(NC(=O)CNC(=O)c2cc3cc(F)ccc3[nH]2)c(C)c1. The number of hydrogen-bond donors (Lipinski definition) is 3. The molecule has 0 spiro atoms. The van der Waals surface area contributed by atoms with Crippen molar-refractivity contribution < 1.29 is 14.0 Å². The second kappa shape index (κ2) is 7.00. The predicted molar refractivity (Wildman–Crippen MR) is 99.9 cm³/mol. The molecule has 3 rings (SSSR count). The number of hydrogen-bond acceptors (Lipinski definition) is 2. The van der Waals surface area contributed by atoms with Gasteiger partial charge < -0.3 is 15.6 Å². The fourth-order valence-corrected chi connectivity index (χ4v) is 3.04. The third kappa shape index (κ3) is 3.74. The van der Waals surface area contributed by atoms with Crippen LogP contribution in [0.2, 0.25) is 0 Å². The summed E-state index contributed by atoms with van der Waals surface area (Å²) in [6.45, 7) is 5.70. The normalized spacial score (nSPS) is 10.8. The van der Waals surface area contributed by atoms with Gasteiger partial charge in [0.15, 0.2) is 0 Å². The number of amides is 2. The topological polar surface area (TPSA) is 74.0 Å². The highest BCUT2D eigenvalue weighted by Crippen LogP contribution is 2.21. The third-order valence-electron chi connectivity index (χ3n) is 4.18. The number of anilines is 1. The molecule has 0 unspecified atom stereocenters. The van der Waals surface area contributed by atoms with Crippen molar-refractivity contribution in [1.82, 2.24) is 10.3 Å². The maximum atomic E-state index is 13.2. The highest BCUT2D eigenvalue weighted by Gasteiger charge is 2.13. The molecule has 0 saturated carbocycles. The van der Waals surface area contributed by atoms with E-state index in [0.717, 1.165) is 22.4 Å². The monoisotopic (exact) mass is 353 g/mol. The number of aromatic nitrogens is 1. The molecule has 6 heteroatoms. The number of aryl methyl sites for hydroxylation is 3. The zero-order valence-corrected chi connectivity index (χ0v) is 14.9. The molecule has 1 aromatic heterocycles. The molecule has 0 aliphatic heterocycles. The summed E-state index contributed by atoms with van der Waals surface area (Å²) in [4.78, 5) is 27.3. The van der Waals surface area contributed by atoms with E-state index in [0.29, 0.717) is 10.9 Å². The minimum absolute atomic E-state index is 0.157. The van der Waals surface area contributed by atoms with Gasteiger partial charge in [0.05, 0.1) is 6.54 Å². The van der Waals surface area contributed by atoms with Gasteiger partial charge in [0.2, 0.25) is 5.91 Å². The van der Waals surface area contributed by atoms with Gasteiger partial charge >= 0.3 is 0 Å². The molecule has 5 nitrogen and oxygen atoms in total. The van der Waals surface area contributed by atoms with E-state index in [1.54, 1.807) is 12.1 Å². The van der Waals surface area contributed by atoms with Gasteiger partial charge in [0.25, 0.3) is 5.91 Å². The minimum Gasteiger partial charge on any atom is -0.351 e. The van der Waals surface area contributed by atoms with Gasteiger partial charge in [-0.15, -0.1) is 0 Å². The lowest BCUT2D eigenvalue weighted by Crippen LogP contribution is -2.33. The van der Waals surface area contributed by atoms with Gasteiger partial charge in [0, 0.05) is 16.6 Å². The van der Waals surface area contributed by atoms with Crippen LogP contribution in [0.15, 0.2) is 36.4 Å². The summed E-state index contributed by atoms with van der Waals surface area (Å²) in [7, 11) is 0. The average Bonchev–Trinajstić information content (AvgIpc) is 2.99. The fourth-order valence-electron chi connectivity index (χ4n) is 3.04. The van der Waals surface area contributed by atoms with E-state index in [4.69, 9.17) is 0 Å². The summed E-state index contributed by atoms with van der Waals surface area (Å²) < 4.78 is 13.2. The highest BCUT2D eigenvalue weighted by atomic mass is 19.1. The van der Waals surface area contributed by atoms with Crippen LogP contribution in [0.1, 0.15) is 27.2 Å². The van der Waals surface area contributed by atoms with Gasteiger partial charge in [-0.2, -0.15) is 0 Å². The number of benzene rings is 2. The fraction of sp³-hybridized carbons (Fsp3) is 0.200. The smallest absolute Gasteiger partial charge is 0.268 e. The number of H-pyrrole nitrogens is 1.